The zero-order valence-corrected chi connectivity index (χ0v) is 12.5. The molecule has 0 saturated heterocycles. The van der Waals surface area contributed by atoms with Crippen LogP contribution in [0.4, 0.5) is 0 Å². The number of nitrogens with zero attached hydrogens (tertiary/aromatic N) is 1. The first-order valence-electron chi connectivity index (χ1n) is 7.08. The number of nitrogens with one attached hydrogen (secondary N) is 1. The van der Waals surface area contributed by atoms with Crippen LogP contribution >= 0.6 is 0 Å². The van der Waals surface area contributed by atoms with Gasteiger partial charge in [0, 0.05) is 25.5 Å². The van der Waals surface area contributed by atoms with E-state index in [9.17, 15) is 4.79 Å². The number of carbonyl (C=O) groups excluding carboxylic acids is 1. The maximum atomic E-state index is 11.8. The van der Waals surface area contributed by atoms with Gasteiger partial charge in [-0.1, -0.05) is 27.2 Å². The summed E-state index contributed by atoms with van der Waals surface area (Å²) in [4.78, 5) is 11.8. The van der Waals surface area contributed by atoms with Crippen molar-refractivity contribution in [2.75, 3.05) is 7.11 Å². The molecule has 0 amide bonds. The number of ether oxygens (including phenoxy) is 1. The highest BCUT2D eigenvalue weighted by Gasteiger charge is 2.24. The molecule has 0 aliphatic rings. The monoisotopic (exact) mass is 266 g/mol. The summed E-state index contributed by atoms with van der Waals surface area (Å²) >= 11 is 0. The molecule has 1 N–H and O–H groups in total. The van der Waals surface area contributed by atoms with Gasteiger partial charge in [0.1, 0.15) is 6.04 Å². The Labute approximate surface area is 116 Å². The number of hydrogen-bond acceptors (Lipinski definition) is 3. The van der Waals surface area contributed by atoms with Crippen molar-refractivity contribution in [1.29, 1.82) is 0 Å². The van der Waals surface area contributed by atoms with Crippen molar-refractivity contribution < 1.29 is 9.53 Å². The molecule has 1 aromatic rings. The predicted octanol–water partition coefficient (Wildman–Crippen LogP) is 2.58. The average molecular weight is 266 g/mol. The van der Waals surface area contributed by atoms with E-state index in [2.05, 4.69) is 49.1 Å². The summed E-state index contributed by atoms with van der Waals surface area (Å²) in [5, 5.41) is 3.30. The number of hydrogen-bond donors (Lipinski definition) is 1. The Balaban J connectivity index is 2.57. The van der Waals surface area contributed by atoms with Gasteiger partial charge in [-0.25, -0.2) is 0 Å². The Hall–Kier alpha value is -1.29. The lowest BCUT2D eigenvalue weighted by molar-refractivity contribution is -0.144. The summed E-state index contributed by atoms with van der Waals surface area (Å²) in [6.07, 6.45) is 6.28. The Morgan fingerprint density at radius 1 is 1.47 bits per heavy atom. The van der Waals surface area contributed by atoms with Gasteiger partial charge >= 0.3 is 5.97 Å². The molecule has 108 valence electrons. The van der Waals surface area contributed by atoms with Crippen molar-refractivity contribution in [3.05, 3.63) is 24.0 Å². The minimum atomic E-state index is -0.232. The molecule has 2 unspecified atom stereocenters. The number of methoxy groups -OCH3 is 1. The molecule has 0 bridgehead atoms. The van der Waals surface area contributed by atoms with Gasteiger partial charge in [0.2, 0.25) is 0 Å². The van der Waals surface area contributed by atoms with Crippen molar-refractivity contribution in [2.45, 2.75) is 52.7 Å². The average Bonchev–Trinajstić information content (AvgIpc) is 2.86. The maximum absolute atomic E-state index is 11.8. The Morgan fingerprint density at radius 3 is 2.79 bits per heavy atom. The molecule has 0 aliphatic heterocycles. The summed E-state index contributed by atoms with van der Waals surface area (Å²) < 4.78 is 7.03. The van der Waals surface area contributed by atoms with Crippen molar-refractivity contribution in [3.63, 3.8) is 0 Å². The summed E-state index contributed by atoms with van der Waals surface area (Å²) in [7, 11) is 1.44. The topological polar surface area (TPSA) is 43.3 Å². The third kappa shape index (κ3) is 4.71. The summed E-state index contributed by atoms with van der Waals surface area (Å²) in [5.41, 5.74) is 1.20. The van der Waals surface area contributed by atoms with Crippen LogP contribution in [0.3, 0.4) is 0 Å². The van der Waals surface area contributed by atoms with Crippen LogP contribution in [0.2, 0.25) is 0 Å². The smallest absolute Gasteiger partial charge is 0.323 e. The normalized spacial score (nSPS) is 14.1. The largest absolute Gasteiger partial charge is 0.468 e. The second-order valence-corrected chi connectivity index (χ2v) is 5.02. The molecule has 4 nitrogen and oxygen atoms in total. The fourth-order valence-electron chi connectivity index (χ4n) is 2.10. The van der Waals surface area contributed by atoms with Crippen molar-refractivity contribution in [2.24, 2.45) is 5.92 Å². The van der Waals surface area contributed by atoms with Gasteiger partial charge in [-0.15, -0.1) is 0 Å². The van der Waals surface area contributed by atoms with Crippen molar-refractivity contribution in [3.8, 4) is 0 Å². The molecule has 4 heteroatoms. The minimum absolute atomic E-state index is 0.178. The fourth-order valence-corrected chi connectivity index (χ4v) is 2.10. The maximum Gasteiger partial charge on any atom is 0.323 e. The third-order valence-corrected chi connectivity index (χ3v) is 3.49. The van der Waals surface area contributed by atoms with E-state index in [0.717, 1.165) is 19.4 Å². The molecule has 1 rings (SSSR count). The first-order valence-corrected chi connectivity index (χ1v) is 7.08. The highest BCUT2D eigenvalue weighted by Crippen LogP contribution is 2.11. The Kier molecular flexibility index (Phi) is 6.64. The van der Waals surface area contributed by atoms with Crippen LogP contribution in [0.25, 0.3) is 0 Å². The number of esters is 1. The summed E-state index contributed by atoms with van der Waals surface area (Å²) in [5.74, 6) is 0.0903. The fraction of sp³-hybridized carbons (Fsp3) is 0.667. The molecule has 0 spiro atoms. The van der Waals surface area contributed by atoms with Gasteiger partial charge in [0.25, 0.3) is 0 Å². The Morgan fingerprint density at radius 2 is 2.21 bits per heavy atom. The molecule has 0 fully saturated rings. The number of rotatable bonds is 8. The van der Waals surface area contributed by atoms with Crippen molar-refractivity contribution in [1.82, 2.24) is 9.88 Å². The summed E-state index contributed by atoms with van der Waals surface area (Å²) in [6, 6.07) is 1.86. The molecule has 1 aromatic heterocycles. The molecule has 0 aromatic carbocycles. The molecule has 2 atom stereocenters. The highest BCUT2D eigenvalue weighted by atomic mass is 16.5. The minimum Gasteiger partial charge on any atom is -0.468 e. The molecule has 1 heterocycles. The van der Waals surface area contributed by atoms with E-state index >= 15 is 0 Å². The number of carbonyl (C=O) groups is 1. The quantitative estimate of drug-likeness (QED) is 0.735. The molecule has 0 aliphatic carbocycles. The van der Waals surface area contributed by atoms with Crippen LogP contribution in [-0.2, 0) is 22.6 Å². The zero-order valence-electron chi connectivity index (χ0n) is 12.5. The lowest BCUT2D eigenvalue weighted by Crippen LogP contribution is -2.42. The molecular weight excluding hydrogens is 240 g/mol. The lowest BCUT2D eigenvalue weighted by atomic mass is 9.99. The van der Waals surface area contributed by atoms with E-state index in [1.54, 1.807) is 0 Å². The molecule has 19 heavy (non-hydrogen) atoms. The molecular formula is C15H26N2O2. The van der Waals surface area contributed by atoms with E-state index in [1.807, 2.05) is 0 Å². The van der Waals surface area contributed by atoms with Crippen LogP contribution in [0.1, 0.15) is 39.2 Å². The van der Waals surface area contributed by atoms with Gasteiger partial charge in [0.05, 0.1) is 7.11 Å². The molecule has 0 radical (unpaired) electrons. The standard InChI is InChI=1S/C15H26N2O2/c1-5-8-17-9-7-13(11-17)10-16-14(12(3)6-2)15(18)19-4/h7,9,11-12,14,16H,5-6,8,10H2,1-4H3. The van der Waals surface area contributed by atoms with Gasteiger partial charge in [0.15, 0.2) is 0 Å². The second-order valence-electron chi connectivity index (χ2n) is 5.02. The summed E-state index contributed by atoms with van der Waals surface area (Å²) in [6.45, 7) is 8.04. The van der Waals surface area contributed by atoms with E-state index in [0.29, 0.717) is 6.54 Å². The van der Waals surface area contributed by atoms with E-state index in [1.165, 1.54) is 12.7 Å². The molecule has 0 saturated carbocycles. The lowest BCUT2D eigenvalue weighted by Gasteiger charge is -2.21. The van der Waals surface area contributed by atoms with Crippen molar-refractivity contribution >= 4 is 5.97 Å². The van der Waals surface area contributed by atoms with Gasteiger partial charge in [-0.2, -0.15) is 0 Å². The van der Waals surface area contributed by atoms with Gasteiger partial charge in [-0.05, 0) is 24.0 Å². The van der Waals surface area contributed by atoms with Gasteiger partial charge < -0.3 is 14.6 Å². The first-order chi connectivity index (χ1) is 9.12. The number of aromatic nitrogens is 1. The third-order valence-electron chi connectivity index (χ3n) is 3.49. The predicted molar refractivity (Wildman–Crippen MR) is 76.8 cm³/mol. The Bertz CT molecular complexity index is 387. The van der Waals surface area contributed by atoms with Crippen LogP contribution in [-0.4, -0.2) is 23.7 Å². The first kappa shape index (κ1) is 15.8. The van der Waals surface area contributed by atoms with Crippen LogP contribution in [0, 0.1) is 5.92 Å². The number of aryl methyl sites for hydroxylation is 1. The second kappa shape index (κ2) is 8.00. The highest BCUT2D eigenvalue weighted by molar-refractivity contribution is 5.75. The van der Waals surface area contributed by atoms with E-state index < -0.39 is 0 Å². The van der Waals surface area contributed by atoms with Gasteiger partial charge in [-0.3, -0.25) is 4.79 Å². The van der Waals surface area contributed by atoms with E-state index in [4.69, 9.17) is 4.74 Å². The zero-order chi connectivity index (χ0) is 14.3. The van der Waals surface area contributed by atoms with Crippen LogP contribution in [0.15, 0.2) is 18.5 Å². The van der Waals surface area contributed by atoms with Crippen LogP contribution in [0.5, 0.6) is 0 Å². The van der Waals surface area contributed by atoms with E-state index in [-0.39, 0.29) is 17.9 Å². The SMILES string of the molecule is CCCn1ccc(CNC(C(=O)OC)C(C)CC)c1. The van der Waals surface area contributed by atoms with Crippen LogP contribution < -0.4 is 5.32 Å².